The second-order valence-corrected chi connectivity index (χ2v) is 12.9. The Bertz CT molecular complexity index is 1630. The van der Waals surface area contributed by atoms with Crippen LogP contribution in [0.25, 0.3) is 0 Å². The van der Waals surface area contributed by atoms with Crippen molar-refractivity contribution in [3.05, 3.63) is 131 Å². The summed E-state index contributed by atoms with van der Waals surface area (Å²) in [6.45, 7) is 3.93. The number of anilines is 1. The smallest absolute Gasteiger partial charge is 0.264 e. The summed E-state index contributed by atoms with van der Waals surface area (Å²) in [6, 6.07) is 30.9. The number of unbranched alkanes of at least 4 members (excludes halogenated alkanes) is 1. The zero-order valence-electron chi connectivity index (χ0n) is 25.0. The summed E-state index contributed by atoms with van der Waals surface area (Å²) in [5, 5.41) is 3.18. The molecule has 230 valence electrons. The van der Waals surface area contributed by atoms with Crippen LogP contribution in [0, 0.1) is 6.92 Å². The first-order chi connectivity index (χ1) is 21.2. The monoisotopic (exact) mass is 631 g/mol. The van der Waals surface area contributed by atoms with E-state index in [1.807, 2.05) is 74.5 Å². The lowest BCUT2D eigenvalue weighted by molar-refractivity contribution is -0.140. The SMILES string of the molecule is CCCCNC(=O)[C@H](Cc1ccccc1)N(Cc1ccccc1)C(=O)CN(c1ccccc1Cl)S(=O)(=O)c1ccc(C)cc1. The van der Waals surface area contributed by atoms with Crippen molar-refractivity contribution in [3.63, 3.8) is 0 Å². The predicted octanol–water partition coefficient (Wildman–Crippen LogP) is 6.40. The maximum atomic E-state index is 14.4. The van der Waals surface area contributed by atoms with Crippen LogP contribution in [-0.2, 0) is 32.6 Å². The lowest BCUT2D eigenvalue weighted by Crippen LogP contribution is -2.53. The lowest BCUT2D eigenvalue weighted by Gasteiger charge is -2.34. The van der Waals surface area contributed by atoms with Gasteiger partial charge in [0.2, 0.25) is 11.8 Å². The Morgan fingerprint density at radius 2 is 1.41 bits per heavy atom. The molecule has 4 aromatic carbocycles. The molecule has 4 rings (SSSR count). The average molecular weight is 632 g/mol. The molecule has 9 heteroatoms. The Balaban J connectivity index is 1.78. The van der Waals surface area contributed by atoms with Crippen LogP contribution in [-0.4, -0.2) is 44.3 Å². The minimum Gasteiger partial charge on any atom is -0.354 e. The summed E-state index contributed by atoms with van der Waals surface area (Å²) >= 11 is 6.53. The number of carbonyl (C=O) groups excluding carboxylic acids is 2. The van der Waals surface area contributed by atoms with Gasteiger partial charge in [-0.05, 0) is 48.7 Å². The fourth-order valence-corrected chi connectivity index (χ4v) is 6.57. The molecule has 0 spiro atoms. The molecule has 0 saturated heterocycles. The fourth-order valence-electron chi connectivity index (χ4n) is 4.85. The number of rotatable bonds is 14. The largest absolute Gasteiger partial charge is 0.354 e. The number of hydrogen-bond donors (Lipinski definition) is 1. The van der Waals surface area contributed by atoms with Gasteiger partial charge in [0.15, 0.2) is 0 Å². The molecule has 2 amide bonds. The highest BCUT2D eigenvalue weighted by molar-refractivity contribution is 7.92. The number of halogens is 1. The maximum absolute atomic E-state index is 14.4. The third kappa shape index (κ3) is 8.49. The van der Waals surface area contributed by atoms with Crippen molar-refractivity contribution in [2.24, 2.45) is 0 Å². The summed E-state index contributed by atoms with van der Waals surface area (Å²) in [4.78, 5) is 29.7. The number of nitrogens with zero attached hydrogens (tertiary/aromatic N) is 2. The van der Waals surface area contributed by atoms with Gasteiger partial charge in [-0.15, -0.1) is 0 Å². The molecule has 0 radical (unpaired) electrons. The zero-order valence-corrected chi connectivity index (χ0v) is 26.6. The predicted molar refractivity (Wildman–Crippen MR) is 176 cm³/mol. The van der Waals surface area contributed by atoms with E-state index in [1.54, 1.807) is 36.4 Å². The summed E-state index contributed by atoms with van der Waals surface area (Å²) in [7, 11) is -4.22. The number of carbonyl (C=O) groups is 2. The Morgan fingerprint density at radius 3 is 2.02 bits per heavy atom. The van der Waals surface area contributed by atoms with E-state index >= 15 is 0 Å². The minimum atomic E-state index is -4.22. The molecule has 1 atom stereocenters. The van der Waals surface area contributed by atoms with Gasteiger partial charge in [-0.25, -0.2) is 8.42 Å². The Hall–Kier alpha value is -4.14. The standard InChI is InChI=1S/C35H38ClN3O4S/c1-3-4-23-37-35(41)33(24-28-13-7-5-8-14-28)38(25-29-15-9-6-10-16-29)34(40)26-39(32-18-12-11-17-31(32)36)44(42,43)30-21-19-27(2)20-22-30/h5-22,33H,3-4,23-26H2,1-2H3,(H,37,41)/t33-/m0/s1. The molecule has 44 heavy (non-hydrogen) atoms. The maximum Gasteiger partial charge on any atom is 0.264 e. The number of nitrogens with one attached hydrogen (secondary N) is 1. The van der Waals surface area contributed by atoms with E-state index in [9.17, 15) is 18.0 Å². The molecule has 0 aliphatic rings. The highest BCUT2D eigenvalue weighted by Gasteiger charge is 2.35. The molecule has 0 bridgehead atoms. The molecule has 0 fully saturated rings. The average Bonchev–Trinajstić information content (AvgIpc) is 3.03. The number of benzene rings is 4. The van der Waals surface area contributed by atoms with Crippen LogP contribution in [0.2, 0.25) is 5.02 Å². The third-order valence-corrected chi connectivity index (χ3v) is 9.40. The van der Waals surface area contributed by atoms with Gasteiger partial charge in [0.05, 0.1) is 15.6 Å². The number of amides is 2. The van der Waals surface area contributed by atoms with Gasteiger partial charge in [0.25, 0.3) is 10.0 Å². The van der Waals surface area contributed by atoms with Crippen molar-refractivity contribution in [3.8, 4) is 0 Å². The number of sulfonamides is 1. The molecule has 0 aromatic heterocycles. The normalized spacial score (nSPS) is 11.9. The molecule has 0 aliphatic carbocycles. The topological polar surface area (TPSA) is 86.8 Å². The van der Waals surface area contributed by atoms with E-state index in [4.69, 9.17) is 11.6 Å². The second-order valence-electron chi connectivity index (χ2n) is 10.6. The Kier molecular flexibility index (Phi) is 11.6. The first-order valence-electron chi connectivity index (χ1n) is 14.7. The van der Waals surface area contributed by atoms with Crippen LogP contribution in [0.1, 0.15) is 36.5 Å². The number of hydrogen-bond acceptors (Lipinski definition) is 4. The van der Waals surface area contributed by atoms with E-state index in [1.165, 1.54) is 17.0 Å². The van der Waals surface area contributed by atoms with Gasteiger partial charge >= 0.3 is 0 Å². The summed E-state index contributed by atoms with van der Waals surface area (Å²) in [6.07, 6.45) is 1.96. The molecule has 1 N–H and O–H groups in total. The Morgan fingerprint density at radius 1 is 0.818 bits per heavy atom. The first-order valence-corrected chi connectivity index (χ1v) is 16.5. The lowest BCUT2D eigenvalue weighted by atomic mass is 10.0. The minimum absolute atomic E-state index is 0.0311. The van der Waals surface area contributed by atoms with Crippen molar-refractivity contribution < 1.29 is 18.0 Å². The summed E-state index contributed by atoms with van der Waals surface area (Å²) in [5.74, 6) is -0.826. The molecule has 4 aromatic rings. The highest BCUT2D eigenvalue weighted by Crippen LogP contribution is 2.31. The van der Waals surface area contributed by atoms with Gasteiger partial charge in [-0.1, -0.05) is 115 Å². The zero-order chi connectivity index (χ0) is 31.5. The van der Waals surface area contributed by atoms with E-state index in [2.05, 4.69) is 5.32 Å². The van der Waals surface area contributed by atoms with E-state index in [0.29, 0.717) is 6.54 Å². The number of para-hydroxylation sites is 1. The van der Waals surface area contributed by atoms with E-state index in [-0.39, 0.29) is 34.5 Å². The van der Waals surface area contributed by atoms with Crippen LogP contribution >= 0.6 is 11.6 Å². The Labute approximate surface area is 265 Å². The summed E-state index contributed by atoms with van der Waals surface area (Å²) < 4.78 is 29.2. The molecule has 0 unspecified atom stereocenters. The molecule has 0 saturated carbocycles. The molecular weight excluding hydrogens is 594 g/mol. The van der Waals surface area contributed by atoms with E-state index in [0.717, 1.165) is 33.8 Å². The van der Waals surface area contributed by atoms with E-state index < -0.39 is 28.5 Å². The number of aryl methyl sites for hydroxylation is 1. The van der Waals surface area contributed by atoms with Crippen LogP contribution in [0.3, 0.4) is 0 Å². The van der Waals surface area contributed by atoms with Gasteiger partial charge in [0.1, 0.15) is 12.6 Å². The molecule has 7 nitrogen and oxygen atoms in total. The first kappa shape index (κ1) is 32.8. The summed E-state index contributed by atoms with van der Waals surface area (Å²) in [5.41, 5.74) is 2.76. The van der Waals surface area contributed by atoms with Gasteiger partial charge in [-0.2, -0.15) is 0 Å². The van der Waals surface area contributed by atoms with Crippen molar-refractivity contribution in [1.82, 2.24) is 10.2 Å². The van der Waals surface area contributed by atoms with Crippen LogP contribution in [0.4, 0.5) is 5.69 Å². The molecular formula is C35H38ClN3O4S. The second kappa shape index (κ2) is 15.5. The van der Waals surface area contributed by atoms with Crippen LogP contribution in [0.15, 0.2) is 114 Å². The van der Waals surface area contributed by atoms with Gasteiger partial charge in [0, 0.05) is 19.5 Å². The third-order valence-electron chi connectivity index (χ3n) is 7.31. The fraction of sp³-hybridized carbons (Fsp3) is 0.257. The van der Waals surface area contributed by atoms with Crippen LogP contribution < -0.4 is 9.62 Å². The quantitative estimate of drug-likeness (QED) is 0.163. The van der Waals surface area contributed by atoms with Crippen molar-refractivity contribution >= 4 is 39.1 Å². The van der Waals surface area contributed by atoms with Crippen molar-refractivity contribution in [1.29, 1.82) is 0 Å². The molecule has 0 heterocycles. The van der Waals surface area contributed by atoms with Gasteiger partial charge < -0.3 is 10.2 Å². The van der Waals surface area contributed by atoms with Crippen LogP contribution in [0.5, 0.6) is 0 Å². The van der Waals surface area contributed by atoms with Crippen molar-refractivity contribution in [2.75, 3.05) is 17.4 Å². The van der Waals surface area contributed by atoms with Crippen molar-refractivity contribution in [2.45, 2.75) is 50.6 Å². The molecule has 0 aliphatic heterocycles. The van der Waals surface area contributed by atoms with Gasteiger partial charge in [-0.3, -0.25) is 13.9 Å². The highest BCUT2D eigenvalue weighted by atomic mass is 35.5.